The molecule has 0 aromatic rings. The summed E-state index contributed by atoms with van der Waals surface area (Å²) in [5, 5.41) is 0. The summed E-state index contributed by atoms with van der Waals surface area (Å²) in [6.45, 7) is 6.40. The van der Waals surface area contributed by atoms with Gasteiger partial charge >= 0.3 is 0 Å². The van der Waals surface area contributed by atoms with Gasteiger partial charge in [-0.15, -0.1) is 0 Å². The Hall–Kier alpha value is -0.620. The second-order valence-electron chi connectivity index (χ2n) is 7.84. The normalized spacial score (nSPS) is 31.6. The first-order chi connectivity index (χ1) is 10.3. The van der Waals surface area contributed by atoms with Crippen molar-refractivity contribution in [3.05, 3.63) is 0 Å². The zero-order chi connectivity index (χ0) is 16.0. The van der Waals surface area contributed by atoms with E-state index in [9.17, 15) is 13.2 Å². The lowest BCUT2D eigenvalue weighted by atomic mass is 9.70. The molecule has 5 nitrogen and oxygen atoms in total. The van der Waals surface area contributed by atoms with E-state index in [4.69, 9.17) is 0 Å². The van der Waals surface area contributed by atoms with Crippen molar-refractivity contribution in [2.24, 2.45) is 17.3 Å². The standard InChI is InChI=1S/C16H28N2O3S/c1-13-10-14(13)15(19)18-8-6-17(7-9-18)11-16(4-3-5-16)12-22(2,20)21/h13-14H,3-12H2,1-2H3/t13-,14-/m0/s1. The quantitative estimate of drug-likeness (QED) is 0.755. The van der Waals surface area contributed by atoms with Gasteiger partial charge in [-0.25, -0.2) is 8.42 Å². The minimum absolute atomic E-state index is 0.0230. The number of rotatable bonds is 5. The lowest BCUT2D eigenvalue weighted by Crippen LogP contribution is -2.54. The van der Waals surface area contributed by atoms with Gasteiger partial charge in [-0.1, -0.05) is 13.3 Å². The van der Waals surface area contributed by atoms with E-state index < -0.39 is 9.84 Å². The summed E-state index contributed by atoms with van der Waals surface area (Å²) < 4.78 is 23.3. The first kappa shape index (κ1) is 16.2. The second-order valence-corrected chi connectivity index (χ2v) is 9.98. The fourth-order valence-electron chi connectivity index (χ4n) is 4.08. The molecular weight excluding hydrogens is 300 g/mol. The Morgan fingerprint density at radius 2 is 1.77 bits per heavy atom. The van der Waals surface area contributed by atoms with Gasteiger partial charge in [0.25, 0.3) is 0 Å². The van der Waals surface area contributed by atoms with Gasteiger partial charge in [0, 0.05) is 44.9 Å². The van der Waals surface area contributed by atoms with Crippen molar-refractivity contribution in [1.82, 2.24) is 9.80 Å². The number of hydrogen-bond acceptors (Lipinski definition) is 4. The maximum atomic E-state index is 12.2. The summed E-state index contributed by atoms with van der Waals surface area (Å²) in [6.07, 6.45) is 5.60. The van der Waals surface area contributed by atoms with Crippen LogP contribution in [0.4, 0.5) is 0 Å². The predicted molar refractivity (Wildman–Crippen MR) is 86.3 cm³/mol. The average Bonchev–Trinajstić information content (AvgIpc) is 3.12. The van der Waals surface area contributed by atoms with Gasteiger partial charge in [0.1, 0.15) is 9.84 Å². The van der Waals surface area contributed by atoms with Crippen molar-refractivity contribution >= 4 is 15.7 Å². The molecule has 6 heteroatoms. The molecule has 1 saturated heterocycles. The molecule has 1 aliphatic heterocycles. The molecule has 0 radical (unpaired) electrons. The van der Waals surface area contributed by atoms with Crippen LogP contribution in [0.15, 0.2) is 0 Å². The van der Waals surface area contributed by atoms with E-state index in [-0.39, 0.29) is 11.3 Å². The van der Waals surface area contributed by atoms with Crippen molar-refractivity contribution in [1.29, 1.82) is 0 Å². The summed E-state index contributed by atoms with van der Waals surface area (Å²) >= 11 is 0. The van der Waals surface area contributed by atoms with Crippen molar-refractivity contribution in [2.45, 2.75) is 32.6 Å². The molecule has 0 N–H and O–H groups in total. The first-order valence-electron chi connectivity index (χ1n) is 8.47. The van der Waals surface area contributed by atoms with Crippen LogP contribution in [0.3, 0.4) is 0 Å². The maximum absolute atomic E-state index is 12.2. The smallest absolute Gasteiger partial charge is 0.226 e. The predicted octanol–water partition coefficient (Wildman–Crippen LogP) is 1.00. The topological polar surface area (TPSA) is 57.7 Å². The molecule has 2 atom stereocenters. The van der Waals surface area contributed by atoms with Crippen LogP contribution in [-0.4, -0.2) is 68.9 Å². The molecule has 0 spiro atoms. The number of piperazine rings is 1. The van der Waals surface area contributed by atoms with Crippen LogP contribution < -0.4 is 0 Å². The summed E-state index contributed by atoms with van der Waals surface area (Å²) in [6, 6.07) is 0. The van der Waals surface area contributed by atoms with Gasteiger partial charge in [-0.2, -0.15) is 0 Å². The van der Waals surface area contributed by atoms with Crippen LogP contribution in [0.25, 0.3) is 0 Å². The zero-order valence-electron chi connectivity index (χ0n) is 13.8. The minimum Gasteiger partial charge on any atom is -0.340 e. The van der Waals surface area contributed by atoms with Crippen LogP contribution in [-0.2, 0) is 14.6 Å². The molecule has 3 aliphatic rings. The van der Waals surface area contributed by atoms with Gasteiger partial charge in [0.05, 0.1) is 5.75 Å². The number of carbonyl (C=O) groups is 1. The molecule has 0 bridgehead atoms. The van der Waals surface area contributed by atoms with Crippen molar-refractivity contribution < 1.29 is 13.2 Å². The Labute approximate surface area is 134 Å². The maximum Gasteiger partial charge on any atom is 0.226 e. The van der Waals surface area contributed by atoms with E-state index in [1.54, 1.807) is 0 Å². The average molecular weight is 328 g/mol. The Morgan fingerprint density at radius 3 is 2.18 bits per heavy atom. The Morgan fingerprint density at radius 1 is 1.18 bits per heavy atom. The largest absolute Gasteiger partial charge is 0.340 e. The molecule has 2 saturated carbocycles. The van der Waals surface area contributed by atoms with Gasteiger partial charge in [-0.05, 0) is 30.6 Å². The molecule has 0 aromatic heterocycles. The molecule has 22 heavy (non-hydrogen) atoms. The van der Waals surface area contributed by atoms with E-state index in [0.29, 0.717) is 17.6 Å². The lowest BCUT2D eigenvalue weighted by Gasteiger charge is -2.46. The van der Waals surface area contributed by atoms with Crippen LogP contribution >= 0.6 is 0 Å². The van der Waals surface area contributed by atoms with Crippen LogP contribution in [0, 0.1) is 17.3 Å². The molecular formula is C16H28N2O3S. The summed E-state index contributed by atoms with van der Waals surface area (Å²) in [4.78, 5) is 16.6. The summed E-state index contributed by atoms with van der Waals surface area (Å²) in [5.41, 5.74) is -0.0230. The molecule has 2 aliphatic carbocycles. The monoisotopic (exact) mass is 328 g/mol. The first-order valence-corrected chi connectivity index (χ1v) is 10.5. The van der Waals surface area contributed by atoms with Crippen LogP contribution in [0.2, 0.25) is 0 Å². The van der Waals surface area contributed by atoms with E-state index >= 15 is 0 Å². The lowest BCUT2D eigenvalue weighted by molar-refractivity contribution is -0.134. The fraction of sp³-hybridized carbons (Fsp3) is 0.938. The third-order valence-electron chi connectivity index (χ3n) is 5.65. The van der Waals surface area contributed by atoms with Gasteiger partial charge in [0.15, 0.2) is 0 Å². The molecule has 3 fully saturated rings. The molecule has 1 amide bonds. The van der Waals surface area contributed by atoms with Crippen LogP contribution in [0.5, 0.6) is 0 Å². The fourth-order valence-corrected chi connectivity index (χ4v) is 5.57. The van der Waals surface area contributed by atoms with Crippen molar-refractivity contribution in [3.8, 4) is 0 Å². The van der Waals surface area contributed by atoms with Gasteiger partial charge in [-0.3, -0.25) is 9.69 Å². The summed E-state index contributed by atoms with van der Waals surface area (Å²) in [7, 11) is -2.92. The molecule has 3 rings (SSSR count). The SMILES string of the molecule is C[C@H]1C[C@@H]1C(=O)N1CCN(CC2(CS(C)(=O)=O)CCC2)CC1. The highest BCUT2D eigenvalue weighted by Crippen LogP contribution is 2.43. The highest BCUT2D eigenvalue weighted by Gasteiger charge is 2.44. The molecule has 0 unspecified atom stereocenters. The van der Waals surface area contributed by atoms with E-state index in [2.05, 4.69) is 11.8 Å². The number of carbonyl (C=O) groups excluding carboxylic acids is 1. The Bertz CT molecular complexity index is 534. The van der Waals surface area contributed by atoms with Crippen molar-refractivity contribution in [3.63, 3.8) is 0 Å². The Kier molecular flexibility index (Phi) is 4.27. The van der Waals surface area contributed by atoms with Crippen molar-refractivity contribution in [2.75, 3.05) is 44.7 Å². The molecule has 126 valence electrons. The third-order valence-corrected chi connectivity index (χ3v) is 6.79. The van der Waals surface area contributed by atoms with Gasteiger partial charge < -0.3 is 4.90 Å². The van der Waals surface area contributed by atoms with Gasteiger partial charge in [0.2, 0.25) is 5.91 Å². The number of sulfone groups is 1. The molecule has 1 heterocycles. The number of hydrogen-bond donors (Lipinski definition) is 0. The minimum atomic E-state index is -2.92. The second kappa shape index (κ2) is 5.78. The van der Waals surface area contributed by atoms with E-state index in [1.807, 2.05) is 4.90 Å². The summed E-state index contributed by atoms with van der Waals surface area (Å²) in [5.74, 6) is 1.49. The Balaban J connectivity index is 1.50. The van der Waals surface area contributed by atoms with E-state index in [1.165, 1.54) is 6.26 Å². The zero-order valence-corrected chi connectivity index (χ0v) is 14.6. The number of nitrogens with zero attached hydrogens (tertiary/aromatic N) is 2. The highest BCUT2D eigenvalue weighted by atomic mass is 32.2. The molecule has 0 aromatic carbocycles. The van der Waals surface area contributed by atoms with Crippen LogP contribution in [0.1, 0.15) is 32.6 Å². The number of amides is 1. The highest BCUT2D eigenvalue weighted by molar-refractivity contribution is 7.90. The third kappa shape index (κ3) is 3.65. The van der Waals surface area contributed by atoms with E-state index in [0.717, 1.165) is 58.4 Å².